The monoisotopic (exact) mass is 419 g/mol. The summed E-state index contributed by atoms with van der Waals surface area (Å²) in [4.78, 5) is 0. The van der Waals surface area contributed by atoms with E-state index in [0.717, 1.165) is 27.6 Å². The molecule has 0 spiro atoms. The maximum atomic E-state index is 10.9. The van der Waals surface area contributed by atoms with Crippen LogP contribution in [0.5, 0.6) is 5.75 Å². The van der Waals surface area contributed by atoms with Crippen LogP contribution in [-0.4, -0.2) is 50.0 Å². The maximum absolute atomic E-state index is 10.9. The fourth-order valence-electron chi connectivity index (χ4n) is 3.49. The number of hydrogen-bond acceptors (Lipinski definition) is 8. The highest BCUT2D eigenvalue weighted by Gasteiger charge is 2.33. The largest absolute Gasteiger partial charge is 0.726 e. The minimum absolute atomic E-state index is 0.412. The van der Waals surface area contributed by atoms with Gasteiger partial charge in [0.2, 0.25) is 10.4 Å². The summed E-state index contributed by atoms with van der Waals surface area (Å²) in [5.74, 6) is 0.647. The molecule has 0 bridgehead atoms. The number of anilines is 1. The van der Waals surface area contributed by atoms with Gasteiger partial charge in [0.1, 0.15) is 29.9 Å². The fourth-order valence-corrected chi connectivity index (χ4v) is 4.03. The van der Waals surface area contributed by atoms with Crippen molar-refractivity contribution in [1.29, 1.82) is 0 Å². The summed E-state index contributed by atoms with van der Waals surface area (Å²) in [6.45, 7) is 4.38. The average molecular weight is 419 g/mol. The van der Waals surface area contributed by atoms with Crippen LogP contribution in [0.1, 0.15) is 13.8 Å². The zero-order valence-corrected chi connectivity index (χ0v) is 17.0. The van der Waals surface area contributed by atoms with Crippen molar-refractivity contribution in [2.24, 2.45) is 5.22 Å². The van der Waals surface area contributed by atoms with E-state index in [-0.39, 0.29) is 0 Å². The van der Waals surface area contributed by atoms with Gasteiger partial charge in [0.15, 0.2) is 18.0 Å². The summed E-state index contributed by atoms with van der Waals surface area (Å²) < 4.78 is 50.4. The number of benzene rings is 2. The summed E-state index contributed by atoms with van der Waals surface area (Å²) in [6, 6.07) is 11.2. The molecule has 2 atom stereocenters. The summed E-state index contributed by atoms with van der Waals surface area (Å²) in [6.07, 6.45) is -0.832. The molecule has 0 saturated heterocycles. The topological polar surface area (TPSA) is 107 Å². The molecule has 2 aromatic carbocycles. The molecule has 4 rings (SSSR count). The van der Waals surface area contributed by atoms with Crippen molar-refractivity contribution >= 4 is 38.0 Å². The number of para-hydroxylation sites is 1. The Bertz CT molecular complexity index is 1200. The highest BCUT2D eigenvalue weighted by atomic mass is 32.3. The molecule has 0 N–H and O–H groups in total. The normalized spacial score (nSPS) is 17.0. The molecule has 10 heteroatoms. The van der Waals surface area contributed by atoms with Crippen molar-refractivity contribution in [3.05, 3.63) is 36.4 Å². The Hall–Kier alpha value is -2.69. The van der Waals surface area contributed by atoms with Gasteiger partial charge >= 0.3 is 0 Å². The van der Waals surface area contributed by atoms with Crippen molar-refractivity contribution in [3.63, 3.8) is 0 Å². The number of fused-ring (bicyclic) bond motifs is 3. The van der Waals surface area contributed by atoms with Crippen LogP contribution in [-0.2, 0) is 14.6 Å². The van der Waals surface area contributed by atoms with Crippen LogP contribution >= 0.6 is 0 Å². The molecule has 154 valence electrons. The van der Waals surface area contributed by atoms with Crippen molar-refractivity contribution in [1.82, 2.24) is 0 Å². The molecule has 2 heterocycles. The van der Waals surface area contributed by atoms with E-state index in [2.05, 4.69) is 9.41 Å². The summed E-state index contributed by atoms with van der Waals surface area (Å²) in [5.41, 5.74) is 2.25. The highest BCUT2D eigenvalue weighted by molar-refractivity contribution is 7.80. The molecule has 1 aliphatic rings. The second-order valence-electron chi connectivity index (χ2n) is 6.94. The van der Waals surface area contributed by atoms with Gasteiger partial charge in [-0.2, -0.15) is 4.70 Å². The lowest BCUT2D eigenvalue weighted by atomic mass is 10.1. The molecule has 0 fully saturated rings. The van der Waals surface area contributed by atoms with Crippen LogP contribution < -0.4 is 9.75 Å². The highest BCUT2D eigenvalue weighted by Crippen LogP contribution is 2.38. The van der Waals surface area contributed by atoms with Gasteiger partial charge in [-0.1, -0.05) is 18.2 Å². The number of ether oxygens (including phenoxy) is 1. The molecule has 2 unspecified atom stereocenters. The number of furan rings is 1. The SMILES string of the molecule is COc1cc2c(cc1N1CC[N+](C(C)C(C)OS(=O)(=O)[O-])=N1)oc1ccccc12. The smallest absolute Gasteiger partial charge is 0.218 e. The molecule has 0 aliphatic carbocycles. The minimum Gasteiger partial charge on any atom is -0.726 e. The average Bonchev–Trinajstić information content (AvgIpc) is 3.29. The third-order valence-corrected chi connectivity index (χ3v) is 5.68. The van der Waals surface area contributed by atoms with Gasteiger partial charge in [0.05, 0.1) is 12.3 Å². The standard InChI is InChI=1S/C19H21N3O6S/c1-12(13(2)28-29(23,24)25)21-8-9-22(20-21)16-11-18-15(10-19(16)26-3)14-6-4-5-7-17(14)27-18/h4-7,10-13H,8-9H2,1-3H3. The first-order valence-corrected chi connectivity index (χ1v) is 10.5. The molecule has 29 heavy (non-hydrogen) atoms. The van der Waals surface area contributed by atoms with Gasteiger partial charge in [0, 0.05) is 16.8 Å². The van der Waals surface area contributed by atoms with Crippen LogP contribution in [0.4, 0.5) is 5.69 Å². The van der Waals surface area contributed by atoms with Gasteiger partial charge in [-0.25, -0.2) is 8.42 Å². The van der Waals surface area contributed by atoms with Crippen LogP contribution in [0, 0.1) is 0 Å². The van der Waals surface area contributed by atoms with Gasteiger partial charge in [-0.15, -0.1) is 5.01 Å². The van der Waals surface area contributed by atoms with Gasteiger partial charge < -0.3 is 13.7 Å². The Morgan fingerprint density at radius 2 is 1.97 bits per heavy atom. The molecule has 9 nitrogen and oxygen atoms in total. The van der Waals surface area contributed by atoms with E-state index >= 15 is 0 Å². The maximum Gasteiger partial charge on any atom is 0.218 e. The van der Waals surface area contributed by atoms with E-state index in [4.69, 9.17) is 9.15 Å². The fraction of sp³-hybridized carbons (Fsp3) is 0.368. The third kappa shape index (κ3) is 3.78. The van der Waals surface area contributed by atoms with Gasteiger partial charge in [0.25, 0.3) is 0 Å². The Balaban J connectivity index is 1.68. The Kier molecular flexibility index (Phi) is 4.93. The summed E-state index contributed by atoms with van der Waals surface area (Å²) in [5, 5.41) is 8.27. The van der Waals surface area contributed by atoms with E-state index in [0.29, 0.717) is 18.8 Å². The first-order chi connectivity index (χ1) is 13.8. The quantitative estimate of drug-likeness (QED) is 0.343. The van der Waals surface area contributed by atoms with E-state index in [1.165, 1.54) is 6.92 Å². The van der Waals surface area contributed by atoms with Crippen molar-refractivity contribution in [2.75, 3.05) is 25.2 Å². The lowest BCUT2D eigenvalue weighted by Crippen LogP contribution is -2.35. The van der Waals surface area contributed by atoms with E-state index < -0.39 is 22.5 Å². The third-order valence-electron chi connectivity index (χ3n) is 5.14. The van der Waals surface area contributed by atoms with Crippen molar-refractivity contribution in [3.8, 4) is 5.75 Å². The predicted octanol–water partition coefficient (Wildman–Crippen LogP) is 3.05. The minimum atomic E-state index is -4.78. The molecule has 1 aromatic heterocycles. The lowest BCUT2D eigenvalue weighted by Gasteiger charge is -2.19. The van der Waals surface area contributed by atoms with Crippen LogP contribution in [0.25, 0.3) is 21.9 Å². The zero-order valence-electron chi connectivity index (χ0n) is 16.2. The van der Waals surface area contributed by atoms with E-state index in [1.807, 2.05) is 36.4 Å². The molecule has 0 saturated carbocycles. The van der Waals surface area contributed by atoms with Gasteiger partial charge in [-0.05, 0) is 26.0 Å². The molecular weight excluding hydrogens is 398 g/mol. The number of methoxy groups -OCH3 is 1. The van der Waals surface area contributed by atoms with Crippen LogP contribution in [0.15, 0.2) is 46.0 Å². The molecule has 1 aliphatic heterocycles. The van der Waals surface area contributed by atoms with E-state index in [9.17, 15) is 13.0 Å². The second kappa shape index (κ2) is 7.29. The van der Waals surface area contributed by atoms with Crippen molar-refractivity contribution < 1.29 is 31.0 Å². The summed E-state index contributed by atoms with van der Waals surface area (Å²) >= 11 is 0. The summed E-state index contributed by atoms with van der Waals surface area (Å²) in [7, 11) is -3.18. The number of hydrogen-bond donors (Lipinski definition) is 0. The van der Waals surface area contributed by atoms with Crippen molar-refractivity contribution in [2.45, 2.75) is 26.0 Å². The second-order valence-corrected chi connectivity index (χ2v) is 7.95. The number of rotatable bonds is 6. The zero-order chi connectivity index (χ0) is 20.8. The van der Waals surface area contributed by atoms with Gasteiger partial charge in [-0.3, -0.25) is 4.18 Å². The van der Waals surface area contributed by atoms with Crippen LogP contribution in [0.2, 0.25) is 0 Å². The first kappa shape index (κ1) is 19.6. The Labute approximate surface area is 168 Å². The number of nitrogens with zero attached hydrogens (tertiary/aromatic N) is 3. The van der Waals surface area contributed by atoms with E-state index in [1.54, 1.807) is 23.7 Å². The Morgan fingerprint density at radius 3 is 2.69 bits per heavy atom. The molecular formula is C19H21N3O6S. The molecule has 0 amide bonds. The molecule has 3 aromatic rings. The Morgan fingerprint density at radius 1 is 1.21 bits per heavy atom. The first-order valence-electron chi connectivity index (χ1n) is 9.16. The predicted molar refractivity (Wildman–Crippen MR) is 105 cm³/mol. The van der Waals surface area contributed by atoms with Crippen LogP contribution in [0.3, 0.4) is 0 Å². The molecule has 0 radical (unpaired) electrons. The lowest BCUT2D eigenvalue weighted by molar-refractivity contribution is -0.618.